The van der Waals surface area contributed by atoms with Crippen LogP contribution in [0.2, 0.25) is 0 Å². The molecule has 0 N–H and O–H groups in total. The third-order valence-corrected chi connectivity index (χ3v) is 10.3. The Kier molecular flexibility index (Phi) is 5.83. The maximum Gasteiger partial charge on any atom is 2.00 e. The molecule has 0 aliphatic carbocycles. The van der Waals surface area contributed by atoms with Gasteiger partial charge in [-0.25, -0.2) is 4.98 Å². The molecule has 0 radical (unpaired) electrons. The monoisotopic (exact) mass is 832 g/mol. The number of nitrogens with zero attached hydrogens (tertiary/aromatic N) is 5. The van der Waals surface area contributed by atoms with Gasteiger partial charge in [-0.15, -0.1) is 29.7 Å². The molecule has 12 rings (SSSR count). The summed E-state index contributed by atoms with van der Waals surface area (Å²) in [6.07, 6.45) is 5.73. The molecule has 0 amide bonds. The van der Waals surface area contributed by atoms with Gasteiger partial charge in [-0.2, -0.15) is 6.07 Å². The minimum Gasteiger partial charge on any atom is -0.503 e. The largest absolute Gasteiger partial charge is 2.00 e. The molecule has 0 unspecified atom stereocenters. The summed E-state index contributed by atoms with van der Waals surface area (Å²) in [5.41, 5.74) is 8.43. The third kappa shape index (κ3) is 3.80. The summed E-state index contributed by atoms with van der Waals surface area (Å²) in [5.74, 6) is 1.22. The van der Waals surface area contributed by atoms with Crippen LogP contribution in [0.3, 0.4) is 0 Å². The predicted molar refractivity (Wildman–Crippen MR) is 201 cm³/mol. The van der Waals surface area contributed by atoms with Gasteiger partial charge in [0, 0.05) is 68.4 Å². The van der Waals surface area contributed by atoms with E-state index in [4.69, 9.17) is 14.7 Å². The maximum absolute atomic E-state index is 6.53. The van der Waals surface area contributed by atoms with Crippen LogP contribution < -0.4 is 4.74 Å². The summed E-state index contributed by atoms with van der Waals surface area (Å²) >= 11 is 0. The van der Waals surface area contributed by atoms with Gasteiger partial charge in [0.05, 0.1) is 16.7 Å². The van der Waals surface area contributed by atoms with Crippen molar-refractivity contribution >= 4 is 87.4 Å². The topological polar surface area (TPSA) is 48.8 Å². The number of pyridine rings is 2. The molecule has 0 aliphatic heterocycles. The third-order valence-electron chi connectivity index (χ3n) is 10.3. The SMILES string of the molecule is [Pt+2].[c-]1c(Oc2[c-]c3c(cc2)c2cccc4c5cccnc5n3c24)ccc2c1c1nccn1c1cc3c4ccccc4n(-c4ccccc4)c3cc21. The molecule has 6 nitrogen and oxygen atoms in total. The first-order valence-electron chi connectivity index (χ1n) is 16.7. The van der Waals surface area contributed by atoms with Crippen molar-refractivity contribution in [1.29, 1.82) is 0 Å². The van der Waals surface area contributed by atoms with E-state index in [1.807, 2.05) is 36.8 Å². The number of rotatable bonds is 3. The zero-order valence-electron chi connectivity index (χ0n) is 26.7. The van der Waals surface area contributed by atoms with Crippen molar-refractivity contribution in [2.45, 2.75) is 0 Å². The van der Waals surface area contributed by atoms with Gasteiger partial charge >= 0.3 is 21.1 Å². The number of fused-ring (bicyclic) bond motifs is 15. The molecule has 6 aromatic carbocycles. The smallest absolute Gasteiger partial charge is 0.503 e. The van der Waals surface area contributed by atoms with Gasteiger partial charge in [-0.3, -0.25) is 4.98 Å². The summed E-state index contributed by atoms with van der Waals surface area (Å²) in [5, 5.41) is 10.1. The van der Waals surface area contributed by atoms with Crippen LogP contribution in [0.4, 0.5) is 0 Å². The Balaban J connectivity index is 0.00000310. The maximum atomic E-state index is 6.53. The van der Waals surface area contributed by atoms with Gasteiger partial charge in [-0.05, 0) is 53.2 Å². The molecule has 0 fully saturated rings. The Labute approximate surface area is 304 Å². The average molecular weight is 833 g/mol. The molecule has 0 aliphatic rings. The molecule has 0 spiro atoms. The van der Waals surface area contributed by atoms with Gasteiger partial charge in [0.15, 0.2) is 0 Å². The normalized spacial score (nSPS) is 12.2. The van der Waals surface area contributed by atoms with Crippen LogP contribution >= 0.6 is 0 Å². The second-order valence-electron chi connectivity index (χ2n) is 12.9. The minimum absolute atomic E-state index is 0. The number of imidazole rings is 1. The van der Waals surface area contributed by atoms with Crippen molar-refractivity contribution in [3.05, 3.63) is 152 Å². The summed E-state index contributed by atoms with van der Waals surface area (Å²) < 4.78 is 13.3. The number of ether oxygens (including phenoxy) is 1. The van der Waals surface area contributed by atoms with Crippen molar-refractivity contribution in [1.82, 2.24) is 23.3 Å². The summed E-state index contributed by atoms with van der Waals surface area (Å²) in [6, 6.07) is 49.8. The zero-order valence-corrected chi connectivity index (χ0v) is 29.0. The molecule has 6 heterocycles. The van der Waals surface area contributed by atoms with Crippen molar-refractivity contribution in [2.24, 2.45) is 0 Å². The molecule has 0 atom stereocenters. The fourth-order valence-corrected chi connectivity index (χ4v) is 8.26. The van der Waals surface area contributed by atoms with E-state index in [0.717, 1.165) is 66.0 Å². The van der Waals surface area contributed by atoms with Crippen LogP contribution in [0.15, 0.2) is 140 Å². The summed E-state index contributed by atoms with van der Waals surface area (Å²) in [7, 11) is 0. The Bertz CT molecular complexity index is 3360. The van der Waals surface area contributed by atoms with Crippen molar-refractivity contribution < 1.29 is 25.8 Å². The van der Waals surface area contributed by atoms with E-state index in [2.05, 4.69) is 129 Å². The van der Waals surface area contributed by atoms with Crippen molar-refractivity contribution in [2.75, 3.05) is 0 Å². The first kappa shape index (κ1) is 28.6. The second-order valence-corrected chi connectivity index (χ2v) is 12.9. The van der Waals surface area contributed by atoms with E-state index in [0.29, 0.717) is 11.5 Å². The fraction of sp³-hybridized carbons (Fsp3) is 0. The second kappa shape index (κ2) is 10.4. The van der Waals surface area contributed by atoms with Crippen LogP contribution in [-0.4, -0.2) is 23.3 Å². The van der Waals surface area contributed by atoms with Crippen molar-refractivity contribution in [3.8, 4) is 17.2 Å². The number of hydrogen-bond donors (Lipinski definition) is 0. The standard InChI is InChI=1S/C44H23N5O.Pt/c1-2-8-26(9-3-1)48-38-14-5-4-10-30(38)36-24-39-35(25-41(36)48)29-17-15-27(22-37(29)43-46-20-21-47(39)43)50-28-16-18-31-32-11-6-12-33-34-13-7-19-45-44(34)49(42(32)33)40(31)23-28;/h1-21,24-25H;/q-2;+2. The molecule has 0 saturated carbocycles. The van der Waals surface area contributed by atoms with E-state index in [9.17, 15) is 0 Å². The van der Waals surface area contributed by atoms with E-state index >= 15 is 0 Å². The van der Waals surface area contributed by atoms with Crippen LogP contribution in [0.1, 0.15) is 0 Å². The van der Waals surface area contributed by atoms with Crippen LogP contribution in [-0.2, 0) is 21.1 Å². The Morgan fingerprint density at radius 1 is 0.510 bits per heavy atom. The summed E-state index contributed by atoms with van der Waals surface area (Å²) in [4.78, 5) is 9.57. The minimum atomic E-state index is 0. The predicted octanol–water partition coefficient (Wildman–Crippen LogP) is 10.7. The molecule has 6 aromatic heterocycles. The van der Waals surface area contributed by atoms with Gasteiger partial charge in [0.2, 0.25) is 0 Å². The molecular weight excluding hydrogens is 810 g/mol. The van der Waals surface area contributed by atoms with Gasteiger partial charge in [0.25, 0.3) is 0 Å². The van der Waals surface area contributed by atoms with Crippen LogP contribution in [0.5, 0.6) is 11.5 Å². The Hall–Kier alpha value is -6.23. The molecule has 7 heteroatoms. The Morgan fingerprint density at radius 3 is 2.12 bits per heavy atom. The summed E-state index contributed by atoms with van der Waals surface area (Å²) in [6.45, 7) is 0. The number of hydrogen-bond acceptors (Lipinski definition) is 3. The molecule has 51 heavy (non-hydrogen) atoms. The van der Waals surface area contributed by atoms with Crippen LogP contribution in [0, 0.1) is 12.1 Å². The van der Waals surface area contributed by atoms with Gasteiger partial charge in [-0.1, -0.05) is 77.0 Å². The fourth-order valence-electron chi connectivity index (χ4n) is 8.26. The van der Waals surface area contributed by atoms with E-state index in [1.54, 1.807) is 0 Å². The molecule has 0 saturated heterocycles. The quantitative estimate of drug-likeness (QED) is 0.132. The van der Waals surface area contributed by atoms with Crippen molar-refractivity contribution in [3.63, 3.8) is 0 Å². The van der Waals surface area contributed by atoms with E-state index in [1.165, 1.54) is 27.1 Å². The zero-order chi connectivity index (χ0) is 32.5. The van der Waals surface area contributed by atoms with E-state index in [-0.39, 0.29) is 21.1 Å². The molecule has 12 aromatic rings. The van der Waals surface area contributed by atoms with Gasteiger partial charge < -0.3 is 18.1 Å². The number of aromatic nitrogens is 5. The molecule has 240 valence electrons. The first-order valence-corrected chi connectivity index (χ1v) is 16.7. The van der Waals surface area contributed by atoms with E-state index < -0.39 is 0 Å². The van der Waals surface area contributed by atoms with Crippen LogP contribution in [0.25, 0.3) is 93.0 Å². The first-order chi connectivity index (χ1) is 24.8. The van der Waals surface area contributed by atoms with Gasteiger partial charge in [0.1, 0.15) is 5.65 Å². The molecular formula is C44H23N5OPt. The number of benzene rings is 6. The number of para-hydroxylation sites is 3. The average Bonchev–Trinajstić information content (AvgIpc) is 3.94. The molecule has 0 bridgehead atoms. The Morgan fingerprint density at radius 2 is 1.22 bits per heavy atom.